The van der Waals surface area contributed by atoms with E-state index in [4.69, 9.17) is 18.5 Å². The molecule has 0 rings (SSSR count). The minimum absolute atomic E-state index is 0.0311. The van der Waals surface area contributed by atoms with Crippen molar-refractivity contribution in [1.29, 1.82) is 0 Å². The highest BCUT2D eigenvalue weighted by Crippen LogP contribution is 2.43. The predicted octanol–water partition coefficient (Wildman–Crippen LogP) is 14.1. The molecule has 346 valence electrons. The number of nitrogens with one attached hydrogen (secondary N) is 1. The van der Waals surface area contributed by atoms with Gasteiger partial charge < -0.3 is 19.7 Å². The van der Waals surface area contributed by atoms with Crippen LogP contribution in [0, 0.1) is 0 Å². The van der Waals surface area contributed by atoms with Crippen molar-refractivity contribution in [3.8, 4) is 0 Å². The number of hydrogen-bond acceptors (Lipinski definition) is 8. The lowest BCUT2D eigenvalue weighted by atomic mass is 10.1. The van der Waals surface area contributed by atoms with E-state index < -0.39 is 32.5 Å². The van der Waals surface area contributed by atoms with E-state index in [2.05, 4.69) is 79.9 Å². The van der Waals surface area contributed by atoms with Crippen LogP contribution in [-0.2, 0) is 32.7 Å². The Morgan fingerprint density at radius 1 is 0.517 bits per heavy atom. The van der Waals surface area contributed by atoms with Crippen LogP contribution in [0.3, 0.4) is 0 Å². The number of esters is 2. The monoisotopic (exact) mass is 862 g/mol. The second kappa shape index (κ2) is 46.0. The van der Waals surface area contributed by atoms with E-state index in [-0.39, 0.29) is 26.1 Å². The number of phosphoric acid groups is 1. The van der Waals surface area contributed by atoms with Gasteiger partial charge in [0.2, 0.25) is 0 Å². The Hall–Kier alpha value is -2.55. The van der Waals surface area contributed by atoms with Crippen LogP contribution in [0.15, 0.2) is 72.9 Å². The minimum atomic E-state index is -4.37. The lowest BCUT2D eigenvalue weighted by Crippen LogP contribution is -2.29. The van der Waals surface area contributed by atoms with Crippen molar-refractivity contribution in [3.63, 3.8) is 0 Å². The normalized spacial score (nSPS) is 13.9. The minimum Gasteiger partial charge on any atom is -0.462 e. The van der Waals surface area contributed by atoms with Crippen LogP contribution >= 0.6 is 7.82 Å². The van der Waals surface area contributed by atoms with Crippen LogP contribution in [0.1, 0.15) is 194 Å². The zero-order chi connectivity index (χ0) is 43.9. The Labute approximate surface area is 367 Å². The molecular formula is C50H88NO8P. The number of carbonyl (C=O) groups is 2. The summed E-state index contributed by atoms with van der Waals surface area (Å²) < 4.78 is 33.2. The van der Waals surface area contributed by atoms with Gasteiger partial charge in [-0.25, -0.2) is 4.57 Å². The van der Waals surface area contributed by atoms with Gasteiger partial charge >= 0.3 is 19.8 Å². The van der Waals surface area contributed by atoms with Crippen LogP contribution in [0.4, 0.5) is 0 Å². The smallest absolute Gasteiger partial charge is 0.462 e. The molecule has 0 aromatic heterocycles. The van der Waals surface area contributed by atoms with Gasteiger partial charge in [-0.05, 0) is 84.1 Å². The van der Waals surface area contributed by atoms with Crippen molar-refractivity contribution in [2.75, 3.05) is 33.4 Å². The fourth-order valence-electron chi connectivity index (χ4n) is 6.18. The summed E-state index contributed by atoms with van der Waals surface area (Å²) in [5.74, 6) is -0.907. The molecule has 0 aromatic carbocycles. The maximum Gasteiger partial charge on any atom is 0.472 e. The van der Waals surface area contributed by atoms with E-state index in [0.717, 1.165) is 44.9 Å². The number of ether oxygens (including phenoxy) is 2. The number of rotatable bonds is 44. The molecule has 0 radical (unpaired) electrons. The van der Waals surface area contributed by atoms with E-state index in [0.29, 0.717) is 19.4 Å². The summed E-state index contributed by atoms with van der Waals surface area (Å²) in [6.45, 7) is 4.11. The molecule has 0 heterocycles. The third-order valence-electron chi connectivity index (χ3n) is 9.81. The van der Waals surface area contributed by atoms with Gasteiger partial charge in [0, 0.05) is 19.4 Å². The van der Waals surface area contributed by atoms with E-state index >= 15 is 0 Å². The highest BCUT2D eigenvalue weighted by Gasteiger charge is 2.26. The molecule has 9 nitrogen and oxygen atoms in total. The zero-order valence-corrected chi connectivity index (χ0v) is 39.3. The standard InChI is InChI=1S/C50H88NO8P/c1-4-6-8-10-12-14-16-18-20-22-24-26-28-30-32-34-36-38-40-42-49(52)56-46-48(47-58-60(54,55)57-45-44-51-3)59-50(53)43-41-39-37-35-33-31-29-27-25-23-21-19-17-15-13-11-9-7-5-2/h12,14,18-21,24,26,30,32,36,38,48,51H,4-11,13,15-17,22-23,25,27-29,31,33-35,37,39-47H2,1-3H3,(H,54,55)/b14-12-,20-18-,21-19-,26-24-,32-30-,38-36-. The Kier molecular flexibility index (Phi) is 44.0. The van der Waals surface area contributed by atoms with Crippen LogP contribution in [-0.4, -0.2) is 56.3 Å². The van der Waals surface area contributed by atoms with E-state index in [1.807, 2.05) is 12.2 Å². The maximum atomic E-state index is 12.7. The highest BCUT2D eigenvalue weighted by atomic mass is 31.2. The molecule has 2 atom stereocenters. The molecule has 0 amide bonds. The molecule has 0 fully saturated rings. The fourth-order valence-corrected chi connectivity index (χ4v) is 6.93. The fraction of sp³-hybridized carbons (Fsp3) is 0.720. The summed E-state index contributed by atoms with van der Waals surface area (Å²) in [5.41, 5.74) is 0. The summed E-state index contributed by atoms with van der Waals surface area (Å²) in [5, 5.41) is 2.82. The average Bonchev–Trinajstić information content (AvgIpc) is 3.23. The van der Waals surface area contributed by atoms with Gasteiger partial charge in [0.25, 0.3) is 0 Å². The Balaban J connectivity index is 4.29. The molecule has 0 aromatic rings. The lowest BCUT2D eigenvalue weighted by Gasteiger charge is -2.20. The van der Waals surface area contributed by atoms with Crippen molar-refractivity contribution in [2.45, 2.75) is 200 Å². The SMILES string of the molecule is CCCCC/C=C\C/C=C\C/C=C\C/C=C\C/C=C\CCC(=O)OCC(COP(=O)(O)OCCNC)OC(=O)CCCCCCCCCCC/C=C\CCCCCCCC. The van der Waals surface area contributed by atoms with Crippen LogP contribution in [0.25, 0.3) is 0 Å². The first-order valence-electron chi connectivity index (χ1n) is 23.9. The summed E-state index contributed by atoms with van der Waals surface area (Å²) in [4.78, 5) is 35.1. The second-order valence-corrected chi connectivity index (χ2v) is 17.0. The molecule has 0 saturated carbocycles. The first kappa shape index (κ1) is 57.4. The molecule has 2 unspecified atom stereocenters. The Morgan fingerprint density at radius 2 is 0.933 bits per heavy atom. The average molecular weight is 862 g/mol. The molecule has 0 aliphatic rings. The first-order valence-corrected chi connectivity index (χ1v) is 25.4. The number of likely N-dealkylation sites (N-methyl/N-ethyl adjacent to an activating group) is 1. The van der Waals surface area contributed by atoms with Crippen LogP contribution < -0.4 is 5.32 Å². The third kappa shape index (κ3) is 45.0. The molecule has 0 bridgehead atoms. The van der Waals surface area contributed by atoms with Gasteiger partial charge in [0.05, 0.1) is 13.2 Å². The number of allylic oxidation sites excluding steroid dienone is 12. The van der Waals surface area contributed by atoms with Gasteiger partial charge in [-0.1, -0.05) is 177 Å². The van der Waals surface area contributed by atoms with E-state index in [1.165, 1.54) is 109 Å². The number of phosphoric ester groups is 1. The summed E-state index contributed by atoms with van der Waals surface area (Å²) in [6, 6.07) is 0. The molecule has 2 N–H and O–H groups in total. The van der Waals surface area contributed by atoms with Crippen LogP contribution in [0.5, 0.6) is 0 Å². The van der Waals surface area contributed by atoms with E-state index in [1.54, 1.807) is 7.05 Å². The van der Waals surface area contributed by atoms with E-state index in [9.17, 15) is 19.0 Å². The molecule has 0 saturated heterocycles. The summed E-state index contributed by atoms with van der Waals surface area (Å²) >= 11 is 0. The largest absolute Gasteiger partial charge is 0.472 e. The Morgan fingerprint density at radius 3 is 1.45 bits per heavy atom. The van der Waals surface area contributed by atoms with Gasteiger partial charge in [-0.3, -0.25) is 18.6 Å². The summed E-state index contributed by atoms with van der Waals surface area (Å²) in [7, 11) is -2.68. The maximum absolute atomic E-state index is 12.7. The third-order valence-corrected chi connectivity index (χ3v) is 10.8. The summed E-state index contributed by atoms with van der Waals surface area (Å²) in [6.07, 6.45) is 55.3. The number of hydrogen-bond donors (Lipinski definition) is 2. The predicted molar refractivity (Wildman–Crippen MR) is 252 cm³/mol. The molecule has 60 heavy (non-hydrogen) atoms. The quantitative estimate of drug-likeness (QED) is 0.0267. The van der Waals surface area contributed by atoms with Gasteiger partial charge in [0.15, 0.2) is 6.10 Å². The van der Waals surface area contributed by atoms with Gasteiger partial charge in [0.1, 0.15) is 6.61 Å². The van der Waals surface area contributed by atoms with Crippen molar-refractivity contribution < 1.29 is 37.6 Å². The molecule has 10 heteroatoms. The molecule has 0 spiro atoms. The van der Waals surface area contributed by atoms with Gasteiger partial charge in [-0.2, -0.15) is 0 Å². The topological polar surface area (TPSA) is 120 Å². The zero-order valence-electron chi connectivity index (χ0n) is 38.4. The molecule has 0 aliphatic heterocycles. The number of unbranched alkanes of at least 4 members (excludes halogenated alkanes) is 18. The number of carbonyl (C=O) groups excluding carboxylic acids is 2. The van der Waals surface area contributed by atoms with Crippen molar-refractivity contribution in [3.05, 3.63) is 72.9 Å². The van der Waals surface area contributed by atoms with Crippen molar-refractivity contribution >= 4 is 19.8 Å². The molecule has 0 aliphatic carbocycles. The van der Waals surface area contributed by atoms with Crippen molar-refractivity contribution in [1.82, 2.24) is 5.32 Å². The highest BCUT2D eigenvalue weighted by molar-refractivity contribution is 7.47. The Bertz CT molecular complexity index is 1210. The van der Waals surface area contributed by atoms with Crippen LogP contribution in [0.2, 0.25) is 0 Å². The van der Waals surface area contributed by atoms with Crippen molar-refractivity contribution in [2.24, 2.45) is 0 Å². The lowest BCUT2D eigenvalue weighted by molar-refractivity contribution is -0.161. The van der Waals surface area contributed by atoms with Gasteiger partial charge in [-0.15, -0.1) is 0 Å². The second-order valence-electron chi connectivity index (χ2n) is 15.6. The molecular weight excluding hydrogens is 774 g/mol. The first-order chi connectivity index (χ1) is 29.3.